The first-order valence-corrected chi connectivity index (χ1v) is 5.96. The third-order valence-electron chi connectivity index (χ3n) is 2.76. The van der Waals surface area contributed by atoms with Gasteiger partial charge >= 0.3 is 6.03 Å². The van der Waals surface area contributed by atoms with Crippen molar-refractivity contribution in [3.63, 3.8) is 0 Å². The highest BCUT2D eigenvalue weighted by molar-refractivity contribution is 5.88. The highest BCUT2D eigenvalue weighted by Crippen LogP contribution is 2.20. The molecule has 0 bridgehead atoms. The van der Waals surface area contributed by atoms with Crippen molar-refractivity contribution < 1.29 is 4.79 Å². The van der Waals surface area contributed by atoms with E-state index in [4.69, 9.17) is 5.73 Å². The Balaban J connectivity index is 2.11. The summed E-state index contributed by atoms with van der Waals surface area (Å²) in [6.45, 7) is 2.02. The number of rotatable bonds is 4. The second-order valence-electron chi connectivity index (χ2n) is 4.33. The molecule has 1 unspecified atom stereocenters. The lowest BCUT2D eigenvalue weighted by atomic mass is 10.2. The van der Waals surface area contributed by atoms with Crippen LogP contribution in [0.2, 0.25) is 0 Å². The number of imidazole rings is 1. The largest absolute Gasteiger partial charge is 0.375 e. The first kappa shape index (κ1) is 12.9. The molecule has 4 N–H and O–H groups in total. The molecule has 0 aliphatic carbocycles. The maximum absolute atomic E-state index is 10.8. The SMILES string of the molecule is CC(Nc1cccc(NC(N)=O)c1)c1nccn1C. The summed E-state index contributed by atoms with van der Waals surface area (Å²) in [4.78, 5) is 15.1. The number of amides is 2. The van der Waals surface area contributed by atoms with Gasteiger partial charge in [0.1, 0.15) is 5.82 Å². The van der Waals surface area contributed by atoms with Crippen LogP contribution in [-0.2, 0) is 7.05 Å². The van der Waals surface area contributed by atoms with Gasteiger partial charge in [-0.2, -0.15) is 0 Å². The molecular formula is C13H17N5O. The van der Waals surface area contributed by atoms with Crippen molar-refractivity contribution >= 4 is 17.4 Å². The van der Waals surface area contributed by atoms with E-state index >= 15 is 0 Å². The number of hydrogen-bond acceptors (Lipinski definition) is 3. The van der Waals surface area contributed by atoms with Crippen LogP contribution in [0.25, 0.3) is 0 Å². The predicted octanol–water partition coefficient (Wildman–Crippen LogP) is 2.08. The molecule has 6 nitrogen and oxygen atoms in total. The number of primary amides is 1. The van der Waals surface area contributed by atoms with Gasteiger partial charge < -0.3 is 20.9 Å². The standard InChI is InChI=1S/C13H17N5O/c1-9(12-15-6-7-18(12)2)16-10-4-3-5-11(8-10)17-13(14)19/h3-9,16H,1-2H3,(H3,14,17,19). The molecule has 0 saturated heterocycles. The quantitative estimate of drug-likeness (QED) is 0.785. The van der Waals surface area contributed by atoms with Gasteiger partial charge in [0.25, 0.3) is 0 Å². The molecule has 0 aliphatic heterocycles. The molecule has 2 rings (SSSR count). The fourth-order valence-electron chi connectivity index (χ4n) is 1.94. The minimum Gasteiger partial charge on any atom is -0.375 e. The molecular weight excluding hydrogens is 242 g/mol. The Morgan fingerprint density at radius 2 is 2.16 bits per heavy atom. The van der Waals surface area contributed by atoms with Crippen LogP contribution in [0.15, 0.2) is 36.7 Å². The molecule has 1 aromatic carbocycles. The zero-order chi connectivity index (χ0) is 13.8. The zero-order valence-corrected chi connectivity index (χ0v) is 10.9. The summed E-state index contributed by atoms with van der Waals surface area (Å²) in [6, 6.07) is 6.86. The van der Waals surface area contributed by atoms with E-state index in [-0.39, 0.29) is 6.04 Å². The van der Waals surface area contributed by atoms with E-state index in [0.717, 1.165) is 11.5 Å². The predicted molar refractivity (Wildman–Crippen MR) is 74.9 cm³/mol. The molecule has 1 heterocycles. The van der Waals surface area contributed by atoms with E-state index in [9.17, 15) is 4.79 Å². The number of carbonyl (C=O) groups excluding carboxylic acids is 1. The molecule has 0 radical (unpaired) electrons. The number of anilines is 2. The highest BCUT2D eigenvalue weighted by atomic mass is 16.2. The zero-order valence-electron chi connectivity index (χ0n) is 10.9. The van der Waals surface area contributed by atoms with Crippen LogP contribution in [0.1, 0.15) is 18.8 Å². The minimum atomic E-state index is -0.575. The number of benzene rings is 1. The van der Waals surface area contributed by atoms with Crippen molar-refractivity contribution in [2.24, 2.45) is 12.8 Å². The third kappa shape index (κ3) is 3.25. The molecule has 100 valence electrons. The summed E-state index contributed by atoms with van der Waals surface area (Å²) in [5, 5.41) is 5.87. The van der Waals surface area contributed by atoms with E-state index in [1.807, 2.05) is 42.9 Å². The summed E-state index contributed by atoms with van der Waals surface area (Å²) < 4.78 is 1.96. The Morgan fingerprint density at radius 3 is 2.79 bits per heavy atom. The summed E-state index contributed by atoms with van der Waals surface area (Å²) in [5.74, 6) is 0.938. The van der Waals surface area contributed by atoms with E-state index in [0.29, 0.717) is 5.69 Å². The molecule has 6 heteroatoms. The number of aryl methyl sites for hydroxylation is 1. The number of aromatic nitrogens is 2. The molecule has 2 aromatic rings. The highest BCUT2D eigenvalue weighted by Gasteiger charge is 2.10. The van der Waals surface area contributed by atoms with E-state index in [1.54, 1.807) is 12.3 Å². The van der Waals surface area contributed by atoms with Crippen molar-refractivity contribution in [1.29, 1.82) is 0 Å². The number of urea groups is 1. The molecule has 2 amide bonds. The average Bonchev–Trinajstić information content (AvgIpc) is 2.75. The molecule has 1 atom stereocenters. The van der Waals surface area contributed by atoms with Crippen molar-refractivity contribution in [2.45, 2.75) is 13.0 Å². The summed E-state index contributed by atoms with van der Waals surface area (Å²) in [5.41, 5.74) is 6.64. The Hall–Kier alpha value is -2.50. The number of hydrogen-bond donors (Lipinski definition) is 3. The first-order valence-electron chi connectivity index (χ1n) is 5.96. The first-order chi connectivity index (χ1) is 9.06. The fourth-order valence-corrected chi connectivity index (χ4v) is 1.94. The summed E-state index contributed by atoms with van der Waals surface area (Å²) >= 11 is 0. The van der Waals surface area contributed by atoms with E-state index in [2.05, 4.69) is 15.6 Å². The topological polar surface area (TPSA) is 85.0 Å². The van der Waals surface area contributed by atoms with Gasteiger partial charge in [0, 0.05) is 30.8 Å². The Labute approximate surface area is 111 Å². The second-order valence-corrected chi connectivity index (χ2v) is 4.33. The van der Waals surface area contributed by atoms with Gasteiger partial charge in [-0.1, -0.05) is 6.07 Å². The van der Waals surface area contributed by atoms with E-state index < -0.39 is 6.03 Å². The minimum absolute atomic E-state index is 0.0591. The lowest BCUT2D eigenvalue weighted by molar-refractivity contribution is 0.259. The fraction of sp³-hybridized carbons (Fsp3) is 0.231. The summed E-state index contributed by atoms with van der Waals surface area (Å²) in [7, 11) is 1.95. The maximum atomic E-state index is 10.8. The molecule has 19 heavy (non-hydrogen) atoms. The van der Waals surface area contributed by atoms with Gasteiger partial charge in [0.05, 0.1) is 6.04 Å². The number of carbonyl (C=O) groups is 1. The van der Waals surface area contributed by atoms with Crippen LogP contribution in [-0.4, -0.2) is 15.6 Å². The van der Waals surface area contributed by atoms with E-state index in [1.165, 1.54) is 0 Å². The molecule has 1 aromatic heterocycles. The lowest BCUT2D eigenvalue weighted by Gasteiger charge is -2.15. The lowest BCUT2D eigenvalue weighted by Crippen LogP contribution is -2.19. The Bertz CT molecular complexity index is 578. The van der Waals surface area contributed by atoms with Gasteiger partial charge in [0.2, 0.25) is 0 Å². The van der Waals surface area contributed by atoms with Crippen molar-refractivity contribution in [3.05, 3.63) is 42.5 Å². The second kappa shape index (κ2) is 5.43. The third-order valence-corrected chi connectivity index (χ3v) is 2.76. The van der Waals surface area contributed by atoms with Gasteiger partial charge in [-0.15, -0.1) is 0 Å². The molecule has 0 saturated carbocycles. The van der Waals surface area contributed by atoms with Gasteiger partial charge in [0.15, 0.2) is 0 Å². The van der Waals surface area contributed by atoms with Crippen molar-refractivity contribution in [3.8, 4) is 0 Å². The Kier molecular flexibility index (Phi) is 3.70. The van der Waals surface area contributed by atoms with Crippen LogP contribution in [0.4, 0.5) is 16.2 Å². The maximum Gasteiger partial charge on any atom is 0.316 e. The summed E-state index contributed by atoms with van der Waals surface area (Å²) in [6.07, 6.45) is 3.66. The average molecular weight is 259 g/mol. The van der Waals surface area contributed by atoms with Crippen LogP contribution < -0.4 is 16.4 Å². The molecule has 0 fully saturated rings. The van der Waals surface area contributed by atoms with Gasteiger partial charge in [-0.3, -0.25) is 0 Å². The van der Waals surface area contributed by atoms with Gasteiger partial charge in [-0.05, 0) is 25.1 Å². The van der Waals surface area contributed by atoms with Crippen LogP contribution in [0.5, 0.6) is 0 Å². The van der Waals surface area contributed by atoms with Gasteiger partial charge in [-0.25, -0.2) is 9.78 Å². The number of nitrogens with zero attached hydrogens (tertiary/aromatic N) is 2. The van der Waals surface area contributed by atoms with Crippen molar-refractivity contribution in [2.75, 3.05) is 10.6 Å². The van der Waals surface area contributed by atoms with Crippen LogP contribution in [0.3, 0.4) is 0 Å². The smallest absolute Gasteiger partial charge is 0.316 e. The molecule has 0 spiro atoms. The number of nitrogens with two attached hydrogens (primary N) is 1. The van der Waals surface area contributed by atoms with Crippen molar-refractivity contribution in [1.82, 2.24) is 9.55 Å². The normalized spacial score (nSPS) is 11.9. The number of nitrogens with one attached hydrogen (secondary N) is 2. The van der Waals surface area contributed by atoms with Crippen LogP contribution >= 0.6 is 0 Å². The molecule has 0 aliphatic rings. The Morgan fingerprint density at radius 1 is 1.42 bits per heavy atom. The van der Waals surface area contributed by atoms with Crippen LogP contribution in [0, 0.1) is 0 Å². The monoisotopic (exact) mass is 259 g/mol.